The highest BCUT2D eigenvalue weighted by Gasteiger charge is 2.22. The Morgan fingerprint density at radius 1 is 1.50 bits per heavy atom. The van der Waals surface area contributed by atoms with Crippen molar-refractivity contribution in [2.75, 3.05) is 0 Å². The van der Waals surface area contributed by atoms with Crippen molar-refractivity contribution in [1.82, 2.24) is 0 Å². The number of carboxylic acids is 1. The van der Waals surface area contributed by atoms with Gasteiger partial charge >= 0.3 is 5.97 Å². The van der Waals surface area contributed by atoms with E-state index in [4.69, 9.17) is 0 Å². The van der Waals surface area contributed by atoms with Crippen LogP contribution >= 0.6 is 0 Å². The molecular weight excluding hydrogens is 184 g/mol. The Morgan fingerprint density at radius 3 is 2.36 bits per heavy atom. The van der Waals surface area contributed by atoms with E-state index in [1.807, 2.05) is 0 Å². The number of ether oxygens (including phenoxy) is 1. The van der Waals surface area contributed by atoms with E-state index in [1.165, 1.54) is 0 Å². The van der Waals surface area contributed by atoms with Gasteiger partial charge < -0.3 is 14.6 Å². The second kappa shape index (κ2) is 6.03. The molecule has 0 aromatic carbocycles. The summed E-state index contributed by atoms with van der Waals surface area (Å²) in [6.45, 7) is 4.53. The van der Waals surface area contributed by atoms with E-state index in [2.05, 4.69) is 16.6 Å². The fourth-order valence-electron chi connectivity index (χ4n) is 1.05. The van der Waals surface area contributed by atoms with Gasteiger partial charge in [-0.2, -0.15) is 0 Å². The molecule has 78 valence electrons. The Kier molecular flexibility index (Phi) is 5.38. The molecule has 0 saturated carbocycles. The molecule has 0 heterocycles. The summed E-state index contributed by atoms with van der Waals surface area (Å²) in [5, 5.41) is 10.7. The zero-order chi connectivity index (χ0) is 11.1. The summed E-state index contributed by atoms with van der Waals surface area (Å²) < 4.78 is 4.61. The number of carbonyl (C=O) groups excluding carboxylic acids is 2. The maximum atomic E-state index is 10.7. The van der Waals surface area contributed by atoms with Crippen LogP contribution in [0, 0.1) is 17.8 Å². The number of esters is 1. The van der Waals surface area contributed by atoms with Crippen LogP contribution < -0.4 is 5.11 Å². The van der Waals surface area contributed by atoms with Crippen molar-refractivity contribution < 1.29 is 19.4 Å². The molecule has 2 atom stereocenters. The summed E-state index contributed by atoms with van der Waals surface area (Å²) >= 11 is 0. The minimum atomic E-state index is -1.41. The molecule has 0 aromatic rings. The lowest BCUT2D eigenvalue weighted by atomic mass is 10.00. The second-order valence-electron chi connectivity index (χ2n) is 2.76. The van der Waals surface area contributed by atoms with Gasteiger partial charge in [0.1, 0.15) is 0 Å². The lowest BCUT2D eigenvalue weighted by Crippen LogP contribution is -2.43. The summed E-state index contributed by atoms with van der Waals surface area (Å²) in [7, 11) is 0. The van der Waals surface area contributed by atoms with Gasteiger partial charge in [0.25, 0.3) is 0 Å². The predicted molar refractivity (Wildman–Crippen MR) is 47.8 cm³/mol. The minimum absolute atomic E-state index is 0.493. The first-order valence-corrected chi connectivity index (χ1v) is 4.33. The van der Waals surface area contributed by atoms with Gasteiger partial charge in [0.2, 0.25) is 0 Å². The third-order valence-corrected chi connectivity index (χ3v) is 1.66. The first kappa shape index (κ1) is 12.5. The van der Waals surface area contributed by atoms with Gasteiger partial charge in [0.15, 0.2) is 6.10 Å². The molecule has 0 fully saturated rings. The van der Waals surface area contributed by atoms with Crippen molar-refractivity contribution in [3.05, 3.63) is 0 Å². The van der Waals surface area contributed by atoms with Crippen LogP contribution in [0.1, 0.15) is 27.2 Å². The highest BCUT2D eigenvalue weighted by Crippen LogP contribution is 2.11. The third kappa shape index (κ3) is 3.94. The van der Waals surface area contributed by atoms with E-state index >= 15 is 0 Å². The molecule has 0 radical (unpaired) electrons. The zero-order valence-electron chi connectivity index (χ0n) is 8.49. The molecule has 0 bridgehead atoms. The largest absolute Gasteiger partial charge is 0.546 e. The van der Waals surface area contributed by atoms with Gasteiger partial charge in [0, 0.05) is 6.92 Å². The normalized spacial score (nSPS) is 13.4. The Morgan fingerprint density at radius 2 is 2.07 bits per heavy atom. The Balaban J connectivity index is 4.65. The van der Waals surface area contributed by atoms with Gasteiger partial charge in [-0.25, -0.2) is 0 Å². The lowest BCUT2D eigenvalue weighted by molar-refractivity contribution is -0.317. The lowest BCUT2D eigenvalue weighted by Gasteiger charge is -2.22. The van der Waals surface area contributed by atoms with Crippen LogP contribution in [0.3, 0.4) is 0 Å². The maximum absolute atomic E-state index is 10.7. The molecule has 0 spiro atoms. The van der Waals surface area contributed by atoms with Crippen molar-refractivity contribution in [2.45, 2.75) is 33.3 Å². The average Bonchev–Trinajstić information content (AvgIpc) is 2.10. The summed E-state index contributed by atoms with van der Waals surface area (Å²) in [5.74, 6) is 2.71. The molecule has 0 rings (SSSR count). The number of aliphatic carboxylic acids is 1. The van der Waals surface area contributed by atoms with Gasteiger partial charge in [-0.3, -0.25) is 4.79 Å². The van der Waals surface area contributed by atoms with Crippen molar-refractivity contribution >= 4 is 11.9 Å². The quantitative estimate of drug-likeness (QED) is 0.459. The predicted octanol–water partition coefficient (Wildman–Crippen LogP) is -0.282. The zero-order valence-corrected chi connectivity index (χ0v) is 8.49. The van der Waals surface area contributed by atoms with E-state index in [0.29, 0.717) is 6.42 Å². The highest BCUT2D eigenvalue weighted by atomic mass is 16.6. The molecule has 2 unspecified atom stereocenters. The number of hydrogen-bond acceptors (Lipinski definition) is 4. The summed E-state index contributed by atoms with van der Waals surface area (Å²) in [6, 6.07) is 0. The molecule has 0 amide bonds. The van der Waals surface area contributed by atoms with Crippen molar-refractivity contribution in [3.63, 3.8) is 0 Å². The number of rotatable bonds is 4. The molecule has 4 nitrogen and oxygen atoms in total. The van der Waals surface area contributed by atoms with Crippen LogP contribution in [0.2, 0.25) is 0 Å². The molecule has 0 aliphatic heterocycles. The van der Waals surface area contributed by atoms with E-state index in [1.54, 1.807) is 13.8 Å². The Labute approximate surface area is 83.3 Å². The molecule has 0 aliphatic rings. The van der Waals surface area contributed by atoms with Crippen LogP contribution in [0.25, 0.3) is 0 Å². The third-order valence-electron chi connectivity index (χ3n) is 1.66. The smallest absolute Gasteiger partial charge is 0.303 e. The van der Waals surface area contributed by atoms with E-state index in [9.17, 15) is 14.7 Å². The van der Waals surface area contributed by atoms with Crippen molar-refractivity contribution in [1.29, 1.82) is 0 Å². The fraction of sp³-hybridized carbons (Fsp3) is 0.600. The minimum Gasteiger partial charge on any atom is -0.546 e. The van der Waals surface area contributed by atoms with Gasteiger partial charge in [0.05, 0.1) is 11.9 Å². The molecular formula is C10H13O4-. The van der Waals surface area contributed by atoms with E-state index < -0.39 is 24.0 Å². The SMILES string of the molecule is CC#CC(CC)C(OC(C)=O)C(=O)[O-]. The van der Waals surface area contributed by atoms with Crippen LogP contribution in [0.5, 0.6) is 0 Å². The number of carbonyl (C=O) groups is 2. The maximum Gasteiger partial charge on any atom is 0.303 e. The first-order valence-electron chi connectivity index (χ1n) is 4.33. The van der Waals surface area contributed by atoms with Crippen LogP contribution in [-0.4, -0.2) is 18.0 Å². The van der Waals surface area contributed by atoms with Crippen LogP contribution in [0.4, 0.5) is 0 Å². The van der Waals surface area contributed by atoms with Crippen LogP contribution in [0.15, 0.2) is 0 Å². The number of carboxylic acid groups (broad SMARTS) is 1. The topological polar surface area (TPSA) is 66.4 Å². The molecule has 0 N–H and O–H groups in total. The van der Waals surface area contributed by atoms with Crippen molar-refractivity contribution in [3.8, 4) is 11.8 Å². The Bertz CT molecular complexity index is 272. The summed E-state index contributed by atoms with van der Waals surface area (Å²) in [6.07, 6.45) is -0.780. The molecule has 4 heteroatoms. The molecule has 0 aliphatic carbocycles. The monoisotopic (exact) mass is 197 g/mol. The Hall–Kier alpha value is -1.50. The summed E-state index contributed by atoms with van der Waals surface area (Å²) in [4.78, 5) is 21.3. The molecule has 0 saturated heterocycles. The summed E-state index contributed by atoms with van der Waals surface area (Å²) in [5.41, 5.74) is 0. The van der Waals surface area contributed by atoms with Gasteiger partial charge in [-0.15, -0.1) is 5.92 Å². The standard InChI is InChI=1S/C10H14O4/c1-4-6-8(5-2)9(10(12)13)14-7(3)11/h8-9H,5H2,1-3H3,(H,12,13)/p-1. The first-order chi connectivity index (χ1) is 6.52. The average molecular weight is 197 g/mol. The van der Waals surface area contributed by atoms with Gasteiger partial charge in [-0.05, 0) is 13.3 Å². The van der Waals surface area contributed by atoms with Crippen molar-refractivity contribution in [2.24, 2.45) is 5.92 Å². The fourth-order valence-corrected chi connectivity index (χ4v) is 1.05. The highest BCUT2D eigenvalue weighted by molar-refractivity contribution is 5.76. The van der Waals surface area contributed by atoms with Crippen LogP contribution in [-0.2, 0) is 14.3 Å². The van der Waals surface area contributed by atoms with E-state index in [-0.39, 0.29) is 0 Å². The molecule has 14 heavy (non-hydrogen) atoms. The molecule has 0 aromatic heterocycles. The van der Waals surface area contributed by atoms with Gasteiger partial charge in [-0.1, -0.05) is 12.8 Å². The second-order valence-corrected chi connectivity index (χ2v) is 2.76. The number of hydrogen-bond donors (Lipinski definition) is 0. The van der Waals surface area contributed by atoms with E-state index in [0.717, 1.165) is 6.92 Å².